The molecule has 112 valence electrons. The number of para-hydroxylation sites is 2. The zero-order chi connectivity index (χ0) is 15.1. The lowest BCUT2D eigenvalue weighted by Gasteiger charge is -2.13. The molecule has 5 heteroatoms. The molecule has 21 heavy (non-hydrogen) atoms. The van der Waals surface area contributed by atoms with Crippen molar-refractivity contribution < 1.29 is 13.9 Å². The summed E-state index contributed by atoms with van der Waals surface area (Å²) in [5.74, 6) is 1.07. The van der Waals surface area contributed by atoms with Crippen LogP contribution in [0.4, 0.5) is 10.1 Å². The molecule has 0 spiro atoms. The van der Waals surface area contributed by atoms with Crippen LogP contribution in [-0.4, -0.2) is 19.8 Å². The molecule has 0 aliphatic carbocycles. The summed E-state index contributed by atoms with van der Waals surface area (Å²) in [6.07, 6.45) is 0. The Morgan fingerprint density at radius 3 is 2.52 bits per heavy atom. The Balaban J connectivity index is 1.86. The number of halogens is 2. The Kier molecular flexibility index (Phi) is 5.69. The summed E-state index contributed by atoms with van der Waals surface area (Å²) >= 11 is 5.97. The molecule has 0 unspecified atom stereocenters. The molecule has 0 bridgehead atoms. The summed E-state index contributed by atoms with van der Waals surface area (Å²) in [5, 5.41) is 3.52. The molecule has 2 aromatic carbocycles. The molecule has 2 rings (SSSR count). The Hall–Kier alpha value is -1.94. The molecule has 1 N–H and O–H groups in total. The van der Waals surface area contributed by atoms with Gasteiger partial charge in [0.25, 0.3) is 0 Å². The highest BCUT2D eigenvalue weighted by atomic mass is 35.5. The van der Waals surface area contributed by atoms with Crippen LogP contribution >= 0.6 is 11.6 Å². The topological polar surface area (TPSA) is 30.5 Å². The van der Waals surface area contributed by atoms with Crippen molar-refractivity contribution in [3.63, 3.8) is 0 Å². The second-order valence-corrected chi connectivity index (χ2v) is 4.69. The number of hydrogen-bond donors (Lipinski definition) is 1. The third-order valence-corrected chi connectivity index (χ3v) is 3.08. The fourth-order valence-electron chi connectivity index (χ4n) is 1.82. The quantitative estimate of drug-likeness (QED) is 0.770. The normalized spacial score (nSPS) is 10.2. The third-order valence-electron chi connectivity index (χ3n) is 2.75. The van der Waals surface area contributed by atoms with E-state index in [0.717, 1.165) is 0 Å². The van der Waals surface area contributed by atoms with E-state index in [1.54, 1.807) is 0 Å². The summed E-state index contributed by atoms with van der Waals surface area (Å²) in [7, 11) is 0. The first-order chi connectivity index (χ1) is 10.2. The highest BCUT2D eigenvalue weighted by Gasteiger charge is 2.04. The average Bonchev–Trinajstić information content (AvgIpc) is 2.49. The van der Waals surface area contributed by atoms with Gasteiger partial charge in [-0.2, -0.15) is 0 Å². The van der Waals surface area contributed by atoms with Gasteiger partial charge in [0.1, 0.15) is 12.4 Å². The van der Waals surface area contributed by atoms with E-state index in [2.05, 4.69) is 5.32 Å². The fraction of sp³-hybridized carbons (Fsp3) is 0.250. The van der Waals surface area contributed by atoms with Gasteiger partial charge in [0, 0.05) is 6.54 Å². The Labute approximate surface area is 128 Å². The van der Waals surface area contributed by atoms with E-state index in [9.17, 15) is 4.39 Å². The zero-order valence-electron chi connectivity index (χ0n) is 11.7. The van der Waals surface area contributed by atoms with Gasteiger partial charge in [-0.1, -0.05) is 23.7 Å². The first kappa shape index (κ1) is 15.4. The Bertz CT molecular complexity index is 592. The van der Waals surface area contributed by atoms with E-state index in [1.165, 1.54) is 18.2 Å². The van der Waals surface area contributed by atoms with Crippen molar-refractivity contribution in [2.45, 2.75) is 6.92 Å². The molecule has 0 aliphatic rings. The number of anilines is 1. The number of ether oxygens (including phenoxy) is 2. The smallest absolute Gasteiger partial charge is 0.161 e. The molecule has 2 aromatic rings. The summed E-state index contributed by atoms with van der Waals surface area (Å²) in [6.45, 7) is 3.42. The van der Waals surface area contributed by atoms with E-state index >= 15 is 0 Å². The second kappa shape index (κ2) is 7.74. The van der Waals surface area contributed by atoms with Gasteiger partial charge in [-0.15, -0.1) is 0 Å². The highest BCUT2D eigenvalue weighted by Crippen LogP contribution is 2.26. The van der Waals surface area contributed by atoms with Crippen LogP contribution in [0.3, 0.4) is 0 Å². The van der Waals surface area contributed by atoms with Crippen LogP contribution in [0.5, 0.6) is 11.5 Å². The van der Waals surface area contributed by atoms with Gasteiger partial charge in [-0.05, 0) is 37.3 Å². The minimum atomic E-state index is -0.329. The molecule has 0 heterocycles. The SMILES string of the molecule is CCOc1ccccc1OCCNc1cc(F)ccc1Cl. The average molecular weight is 310 g/mol. The first-order valence-corrected chi connectivity index (χ1v) is 7.12. The molecule has 0 aliphatic heterocycles. The molecular formula is C16H17ClFNO2. The van der Waals surface area contributed by atoms with Crippen LogP contribution in [0.25, 0.3) is 0 Å². The van der Waals surface area contributed by atoms with Gasteiger partial charge in [0.05, 0.1) is 17.3 Å². The molecule has 0 radical (unpaired) electrons. The lowest BCUT2D eigenvalue weighted by atomic mass is 10.3. The van der Waals surface area contributed by atoms with Crippen molar-refractivity contribution >= 4 is 17.3 Å². The largest absolute Gasteiger partial charge is 0.490 e. The summed E-state index contributed by atoms with van der Waals surface area (Å²) in [6, 6.07) is 11.7. The Morgan fingerprint density at radius 2 is 1.81 bits per heavy atom. The summed E-state index contributed by atoms with van der Waals surface area (Å²) in [4.78, 5) is 0. The van der Waals surface area contributed by atoms with Crippen molar-refractivity contribution in [2.24, 2.45) is 0 Å². The first-order valence-electron chi connectivity index (χ1n) is 6.74. The lowest BCUT2D eigenvalue weighted by molar-refractivity contribution is 0.284. The van der Waals surface area contributed by atoms with E-state index in [0.29, 0.717) is 42.0 Å². The van der Waals surface area contributed by atoms with Gasteiger partial charge in [0.15, 0.2) is 11.5 Å². The number of rotatable bonds is 7. The maximum Gasteiger partial charge on any atom is 0.161 e. The molecular weight excluding hydrogens is 293 g/mol. The number of benzene rings is 2. The molecule has 0 saturated carbocycles. The van der Waals surface area contributed by atoms with Crippen LogP contribution in [0, 0.1) is 5.82 Å². The second-order valence-electron chi connectivity index (χ2n) is 4.28. The van der Waals surface area contributed by atoms with Crippen molar-refractivity contribution in [1.29, 1.82) is 0 Å². The molecule has 0 aromatic heterocycles. The molecule has 0 saturated heterocycles. The third kappa shape index (κ3) is 4.53. The molecule has 3 nitrogen and oxygen atoms in total. The summed E-state index contributed by atoms with van der Waals surface area (Å²) < 4.78 is 24.2. The van der Waals surface area contributed by atoms with Crippen molar-refractivity contribution in [2.75, 3.05) is 25.1 Å². The predicted octanol–water partition coefficient (Wildman–Crippen LogP) is 4.37. The van der Waals surface area contributed by atoms with E-state index in [4.69, 9.17) is 21.1 Å². The van der Waals surface area contributed by atoms with Crippen LogP contribution in [0.2, 0.25) is 5.02 Å². The van der Waals surface area contributed by atoms with Crippen LogP contribution in [0.15, 0.2) is 42.5 Å². The Morgan fingerprint density at radius 1 is 1.10 bits per heavy atom. The van der Waals surface area contributed by atoms with Gasteiger partial charge in [0.2, 0.25) is 0 Å². The zero-order valence-corrected chi connectivity index (χ0v) is 12.5. The van der Waals surface area contributed by atoms with Crippen LogP contribution in [-0.2, 0) is 0 Å². The fourth-order valence-corrected chi connectivity index (χ4v) is 2.01. The standard InChI is InChI=1S/C16H17ClFNO2/c1-2-20-15-5-3-4-6-16(15)21-10-9-19-14-11-12(18)7-8-13(14)17/h3-8,11,19H,2,9-10H2,1H3. The van der Waals surface area contributed by atoms with Crippen LogP contribution in [0.1, 0.15) is 6.92 Å². The van der Waals surface area contributed by atoms with Crippen molar-refractivity contribution in [1.82, 2.24) is 0 Å². The van der Waals surface area contributed by atoms with E-state index in [-0.39, 0.29) is 5.82 Å². The maximum atomic E-state index is 13.1. The molecule has 0 atom stereocenters. The monoisotopic (exact) mass is 309 g/mol. The molecule has 0 fully saturated rings. The number of hydrogen-bond acceptors (Lipinski definition) is 3. The minimum Gasteiger partial charge on any atom is -0.490 e. The summed E-state index contributed by atoms with van der Waals surface area (Å²) in [5.41, 5.74) is 0.554. The van der Waals surface area contributed by atoms with Gasteiger partial charge < -0.3 is 14.8 Å². The van der Waals surface area contributed by atoms with E-state index < -0.39 is 0 Å². The van der Waals surface area contributed by atoms with Gasteiger partial charge >= 0.3 is 0 Å². The lowest BCUT2D eigenvalue weighted by Crippen LogP contribution is -2.12. The number of nitrogens with one attached hydrogen (secondary N) is 1. The van der Waals surface area contributed by atoms with Gasteiger partial charge in [-0.25, -0.2) is 4.39 Å². The molecule has 0 amide bonds. The van der Waals surface area contributed by atoms with Crippen molar-refractivity contribution in [3.05, 3.63) is 53.3 Å². The maximum absolute atomic E-state index is 13.1. The minimum absolute atomic E-state index is 0.329. The van der Waals surface area contributed by atoms with Gasteiger partial charge in [-0.3, -0.25) is 0 Å². The highest BCUT2D eigenvalue weighted by molar-refractivity contribution is 6.33. The van der Waals surface area contributed by atoms with E-state index in [1.807, 2.05) is 31.2 Å². The predicted molar refractivity (Wildman–Crippen MR) is 83.0 cm³/mol. The van der Waals surface area contributed by atoms with Crippen molar-refractivity contribution in [3.8, 4) is 11.5 Å². The van der Waals surface area contributed by atoms with Crippen LogP contribution < -0.4 is 14.8 Å².